The summed E-state index contributed by atoms with van der Waals surface area (Å²) in [5, 5.41) is 2.81. The molecule has 1 heterocycles. The summed E-state index contributed by atoms with van der Waals surface area (Å²) in [7, 11) is 0. The first kappa shape index (κ1) is 9.98. The molecule has 80 valence electrons. The third kappa shape index (κ3) is 2.70. The van der Waals surface area contributed by atoms with E-state index in [0.29, 0.717) is 6.54 Å². The number of amides is 1. The minimum Gasteiger partial charge on any atom is -0.399 e. The van der Waals surface area contributed by atoms with Crippen LogP contribution in [0.15, 0.2) is 24.3 Å². The fraction of sp³-hybridized carbons (Fsp3) is 0.364. The summed E-state index contributed by atoms with van der Waals surface area (Å²) < 4.78 is 0. The fourth-order valence-electron chi connectivity index (χ4n) is 1.71. The van der Waals surface area contributed by atoms with Gasteiger partial charge in [0.2, 0.25) is 5.91 Å². The van der Waals surface area contributed by atoms with Crippen LogP contribution in [-0.4, -0.2) is 30.4 Å². The SMILES string of the molecule is Nc1ccc(CN2CCNC(=O)C2)cc1. The van der Waals surface area contributed by atoms with E-state index in [-0.39, 0.29) is 5.91 Å². The van der Waals surface area contributed by atoms with Crippen molar-refractivity contribution in [2.75, 3.05) is 25.4 Å². The van der Waals surface area contributed by atoms with Gasteiger partial charge < -0.3 is 11.1 Å². The molecule has 15 heavy (non-hydrogen) atoms. The summed E-state index contributed by atoms with van der Waals surface area (Å²) in [5.74, 6) is 0.108. The van der Waals surface area contributed by atoms with Crippen molar-refractivity contribution in [1.29, 1.82) is 0 Å². The zero-order valence-electron chi connectivity index (χ0n) is 8.57. The lowest BCUT2D eigenvalue weighted by atomic mass is 10.2. The summed E-state index contributed by atoms with van der Waals surface area (Å²) in [4.78, 5) is 13.3. The van der Waals surface area contributed by atoms with Crippen LogP contribution in [0.5, 0.6) is 0 Å². The van der Waals surface area contributed by atoms with E-state index < -0.39 is 0 Å². The van der Waals surface area contributed by atoms with Crippen molar-refractivity contribution in [2.24, 2.45) is 0 Å². The summed E-state index contributed by atoms with van der Waals surface area (Å²) in [5.41, 5.74) is 7.57. The summed E-state index contributed by atoms with van der Waals surface area (Å²) in [6.07, 6.45) is 0. The number of carbonyl (C=O) groups excluding carboxylic acids is 1. The molecule has 0 atom stereocenters. The Balaban J connectivity index is 1.96. The van der Waals surface area contributed by atoms with Gasteiger partial charge in [-0.2, -0.15) is 0 Å². The van der Waals surface area contributed by atoms with Crippen LogP contribution in [-0.2, 0) is 11.3 Å². The molecule has 1 aromatic carbocycles. The van der Waals surface area contributed by atoms with Gasteiger partial charge in [0.05, 0.1) is 6.54 Å². The number of nitrogens with one attached hydrogen (secondary N) is 1. The lowest BCUT2D eigenvalue weighted by Crippen LogP contribution is -2.47. The Hall–Kier alpha value is -1.55. The average Bonchev–Trinajstić information content (AvgIpc) is 2.22. The molecule has 0 saturated carbocycles. The van der Waals surface area contributed by atoms with Gasteiger partial charge in [-0.25, -0.2) is 0 Å². The molecule has 0 unspecified atom stereocenters. The van der Waals surface area contributed by atoms with Gasteiger partial charge in [0.25, 0.3) is 0 Å². The molecule has 0 bridgehead atoms. The maximum Gasteiger partial charge on any atom is 0.234 e. The third-order valence-electron chi connectivity index (χ3n) is 2.50. The van der Waals surface area contributed by atoms with E-state index in [2.05, 4.69) is 10.2 Å². The molecule has 2 rings (SSSR count). The lowest BCUT2D eigenvalue weighted by molar-refractivity contribution is -0.124. The maximum absolute atomic E-state index is 11.1. The summed E-state index contributed by atoms with van der Waals surface area (Å²) in [6, 6.07) is 7.78. The molecule has 1 aromatic rings. The lowest BCUT2D eigenvalue weighted by Gasteiger charge is -2.26. The number of nitrogens with two attached hydrogens (primary N) is 1. The third-order valence-corrected chi connectivity index (χ3v) is 2.50. The molecule has 1 fully saturated rings. The zero-order valence-corrected chi connectivity index (χ0v) is 8.57. The molecule has 3 N–H and O–H groups in total. The molecule has 0 aliphatic carbocycles. The highest BCUT2D eigenvalue weighted by Gasteiger charge is 2.15. The van der Waals surface area contributed by atoms with Crippen molar-refractivity contribution in [3.63, 3.8) is 0 Å². The Morgan fingerprint density at radius 1 is 1.33 bits per heavy atom. The van der Waals surface area contributed by atoms with Crippen LogP contribution in [0.2, 0.25) is 0 Å². The van der Waals surface area contributed by atoms with Gasteiger partial charge in [-0.3, -0.25) is 9.69 Å². The second-order valence-electron chi connectivity index (χ2n) is 3.80. The Morgan fingerprint density at radius 3 is 2.73 bits per heavy atom. The topological polar surface area (TPSA) is 58.4 Å². The molecule has 4 heteroatoms. The molecule has 1 aliphatic heterocycles. The number of rotatable bonds is 2. The van der Waals surface area contributed by atoms with E-state index in [9.17, 15) is 4.79 Å². The number of piperazine rings is 1. The van der Waals surface area contributed by atoms with Crippen LogP contribution in [0.25, 0.3) is 0 Å². The number of hydrogen-bond acceptors (Lipinski definition) is 3. The molecular formula is C11H15N3O. The summed E-state index contributed by atoms with van der Waals surface area (Å²) in [6.45, 7) is 2.96. The maximum atomic E-state index is 11.1. The van der Waals surface area contributed by atoms with Gasteiger partial charge in [0, 0.05) is 25.3 Å². The van der Waals surface area contributed by atoms with E-state index in [1.54, 1.807) is 0 Å². The molecule has 1 saturated heterocycles. The second-order valence-corrected chi connectivity index (χ2v) is 3.80. The molecule has 0 aromatic heterocycles. The first-order valence-electron chi connectivity index (χ1n) is 5.07. The van der Waals surface area contributed by atoms with Crippen LogP contribution in [0.1, 0.15) is 5.56 Å². The van der Waals surface area contributed by atoms with Gasteiger partial charge in [-0.05, 0) is 17.7 Å². The van der Waals surface area contributed by atoms with Crippen LogP contribution < -0.4 is 11.1 Å². The van der Waals surface area contributed by atoms with E-state index in [1.165, 1.54) is 5.56 Å². The smallest absolute Gasteiger partial charge is 0.234 e. The van der Waals surface area contributed by atoms with Crippen LogP contribution >= 0.6 is 0 Å². The molecular weight excluding hydrogens is 190 g/mol. The minimum atomic E-state index is 0.108. The second kappa shape index (κ2) is 4.31. The number of nitrogens with zero attached hydrogens (tertiary/aromatic N) is 1. The largest absolute Gasteiger partial charge is 0.399 e. The fourth-order valence-corrected chi connectivity index (χ4v) is 1.71. The predicted molar refractivity (Wildman–Crippen MR) is 59.1 cm³/mol. The van der Waals surface area contributed by atoms with Crippen LogP contribution in [0, 0.1) is 0 Å². The minimum absolute atomic E-state index is 0.108. The Morgan fingerprint density at radius 2 is 2.07 bits per heavy atom. The first-order valence-corrected chi connectivity index (χ1v) is 5.07. The monoisotopic (exact) mass is 205 g/mol. The van der Waals surface area contributed by atoms with Gasteiger partial charge >= 0.3 is 0 Å². The van der Waals surface area contributed by atoms with E-state index in [0.717, 1.165) is 25.3 Å². The van der Waals surface area contributed by atoms with Gasteiger partial charge in [0.15, 0.2) is 0 Å². The first-order chi connectivity index (χ1) is 7.24. The molecule has 0 radical (unpaired) electrons. The Bertz CT molecular complexity index is 347. The zero-order chi connectivity index (χ0) is 10.7. The van der Waals surface area contributed by atoms with Crippen molar-refractivity contribution in [3.05, 3.63) is 29.8 Å². The van der Waals surface area contributed by atoms with Crippen molar-refractivity contribution in [3.8, 4) is 0 Å². The number of carbonyl (C=O) groups is 1. The van der Waals surface area contributed by atoms with E-state index in [1.807, 2.05) is 24.3 Å². The summed E-state index contributed by atoms with van der Waals surface area (Å²) >= 11 is 0. The van der Waals surface area contributed by atoms with Gasteiger partial charge in [0.1, 0.15) is 0 Å². The van der Waals surface area contributed by atoms with Crippen LogP contribution in [0.3, 0.4) is 0 Å². The Labute approximate surface area is 89.1 Å². The van der Waals surface area contributed by atoms with Crippen molar-refractivity contribution in [1.82, 2.24) is 10.2 Å². The highest BCUT2D eigenvalue weighted by molar-refractivity contribution is 5.78. The molecule has 4 nitrogen and oxygen atoms in total. The van der Waals surface area contributed by atoms with Crippen molar-refractivity contribution < 1.29 is 4.79 Å². The van der Waals surface area contributed by atoms with Crippen molar-refractivity contribution in [2.45, 2.75) is 6.54 Å². The highest BCUT2D eigenvalue weighted by atomic mass is 16.2. The van der Waals surface area contributed by atoms with E-state index >= 15 is 0 Å². The predicted octanol–water partition coefficient (Wildman–Crippen LogP) is 0.201. The van der Waals surface area contributed by atoms with Crippen LogP contribution in [0.4, 0.5) is 5.69 Å². The number of anilines is 1. The number of benzene rings is 1. The molecule has 0 spiro atoms. The van der Waals surface area contributed by atoms with Gasteiger partial charge in [-0.15, -0.1) is 0 Å². The quantitative estimate of drug-likeness (QED) is 0.678. The average molecular weight is 205 g/mol. The number of hydrogen-bond donors (Lipinski definition) is 2. The van der Waals surface area contributed by atoms with Gasteiger partial charge in [-0.1, -0.05) is 12.1 Å². The van der Waals surface area contributed by atoms with E-state index in [4.69, 9.17) is 5.73 Å². The Kier molecular flexibility index (Phi) is 2.87. The molecule has 1 aliphatic rings. The number of nitrogen functional groups attached to an aromatic ring is 1. The highest BCUT2D eigenvalue weighted by Crippen LogP contribution is 2.08. The van der Waals surface area contributed by atoms with Crippen molar-refractivity contribution >= 4 is 11.6 Å². The normalized spacial score (nSPS) is 17.5. The standard InChI is InChI=1S/C11H15N3O/c12-10-3-1-9(2-4-10)7-14-6-5-13-11(15)8-14/h1-4H,5-8,12H2,(H,13,15). The molecule has 1 amide bonds.